The average molecular weight is 220 g/mol. The lowest BCUT2D eigenvalue weighted by molar-refractivity contribution is 0.372. The SMILES string of the molecule is COc1ccc(CC2CCNCC2)c(N)c1. The number of rotatable bonds is 3. The van der Waals surface area contributed by atoms with Crippen LogP contribution in [0.15, 0.2) is 18.2 Å². The van der Waals surface area contributed by atoms with Crippen LogP contribution < -0.4 is 15.8 Å². The van der Waals surface area contributed by atoms with Gasteiger partial charge in [-0.05, 0) is 49.9 Å². The number of nitrogens with two attached hydrogens (primary N) is 1. The van der Waals surface area contributed by atoms with Crippen molar-refractivity contribution in [1.82, 2.24) is 5.32 Å². The minimum atomic E-state index is 0.775. The fraction of sp³-hybridized carbons (Fsp3) is 0.538. The van der Waals surface area contributed by atoms with E-state index in [1.807, 2.05) is 12.1 Å². The smallest absolute Gasteiger partial charge is 0.120 e. The second kappa shape index (κ2) is 5.21. The van der Waals surface area contributed by atoms with Crippen LogP contribution in [0.4, 0.5) is 5.69 Å². The van der Waals surface area contributed by atoms with Gasteiger partial charge in [-0.25, -0.2) is 0 Å². The second-order valence-corrected chi connectivity index (χ2v) is 4.46. The maximum absolute atomic E-state index is 6.02. The lowest BCUT2D eigenvalue weighted by Crippen LogP contribution is -2.28. The number of hydrogen-bond donors (Lipinski definition) is 2. The van der Waals surface area contributed by atoms with E-state index in [-0.39, 0.29) is 0 Å². The second-order valence-electron chi connectivity index (χ2n) is 4.46. The summed E-state index contributed by atoms with van der Waals surface area (Å²) in [6, 6.07) is 6.00. The molecule has 3 N–H and O–H groups in total. The van der Waals surface area contributed by atoms with Crippen molar-refractivity contribution in [3.8, 4) is 5.75 Å². The fourth-order valence-electron chi connectivity index (χ4n) is 2.28. The molecule has 1 saturated heterocycles. The van der Waals surface area contributed by atoms with Gasteiger partial charge in [-0.3, -0.25) is 0 Å². The predicted molar refractivity (Wildman–Crippen MR) is 66.7 cm³/mol. The van der Waals surface area contributed by atoms with Crippen molar-refractivity contribution in [3.63, 3.8) is 0 Å². The summed E-state index contributed by atoms with van der Waals surface area (Å²) in [6.45, 7) is 2.28. The molecule has 2 rings (SSSR count). The van der Waals surface area contributed by atoms with Gasteiger partial charge < -0.3 is 15.8 Å². The number of hydrogen-bond acceptors (Lipinski definition) is 3. The third-order valence-corrected chi connectivity index (χ3v) is 3.32. The number of anilines is 1. The van der Waals surface area contributed by atoms with Crippen LogP contribution in [0.1, 0.15) is 18.4 Å². The van der Waals surface area contributed by atoms with E-state index in [2.05, 4.69) is 11.4 Å². The zero-order chi connectivity index (χ0) is 11.4. The molecule has 0 amide bonds. The maximum Gasteiger partial charge on any atom is 0.120 e. The Morgan fingerprint density at radius 1 is 1.38 bits per heavy atom. The number of nitrogen functional groups attached to an aromatic ring is 1. The van der Waals surface area contributed by atoms with E-state index in [4.69, 9.17) is 10.5 Å². The Morgan fingerprint density at radius 2 is 2.12 bits per heavy atom. The highest BCUT2D eigenvalue weighted by molar-refractivity contribution is 5.51. The van der Waals surface area contributed by atoms with E-state index in [1.54, 1.807) is 7.11 Å². The maximum atomic E-state index is 6.02. The third-order valence-electron chi connectivity index (χ3n) is 3.32. The number of benzene rings is 1. The molecule has 0 atom stereocenters. The van der Waals surface area contributed by atoms with Crippen LogP contribution in [0.5, 0.6) is 5.75 Å². The first-order valence-corrected chi connectivity index (χ1v) is 5.92. The first-order chi connectivity index (χ1) is 7.79. The van der Waals surface area contributed by atoms with Crippen LogP contribution in [0, 0.1) is 5.92 Å². The molecular formula is C13H20N2O. The Hall–Kier alpha value is -1.22. The van der Waals surface area contributed by atoms with E-state index in [1.165, 1.54) is 18.4 Å². The third kappa shape index (κ3) is 2.67. The predicted octanol–water partition coefficient (Wildman–Crippen LogP) is 1.82. The Balaban J connectivity index is 2.03. The fourth-order valence-corrected chi connectivity index (χ4v) is 2.28. The van der Waals surface area contributed by atoms with Gasteiger partial charge >= 0.3 is 0 Å². The van der Waals surface area contributed by atoms with Gasteiger partial charge in [-0.15, -0.1) is 0 Å². The highest BCUT2D eigenvalue weighted by Gasteiger charge is 2.14. The Morgan fingerprint density at radius 3 is 2.75 bits per heavy atom. The molecule has 0 saturated carbocycles. The standard InChI is InChI=1S/C13H20N2O/c1-16-12-3-2-11(13(14)9-12)8-10-4-6-15-7-5-10/h2-3,9-10,15H,4-8,14H2,1H3. The van der Waals surface area contributed by atoms with Gasteiger partial charge in [-0.2, -0.15) is 0 Å². The zero-order valence-corrected chi connectivity index (χ0v) is 9.83. The molecular weight excluding hydrogens is 200 g/mol. The van der Waals surface area contributed by atoms with Crippen molar-refractivity contribution in [2.75, 3.05) is 25.9 Å². The van der Waals surface area contributed by atoms with Gasteiger partial charge in [0.2, 0.25) is 0 Å². The van der Waals surface area contributed by atoms with Crippen LogP contribution in [-0.2, 0) is 6.42 Å². The summed E-state index contributed by atoms with van der Waals surface area (Å²) in [7, 11) is 1.67. The van der Waals surface area contributed by atoms with Gasteiger partial charge in [0.15, 0.2) is 0 Å². The van der Waals surface area contributed by atoms with Crippen molar-refractivity contribution < 1.29 is 4.74 Å². The van der Waals surface area contributed by atoms with Crippen LogP contribution in [0.3, 0.4) is 0 Å². The van der Waals surface area contributed by atoms with Gasteiger partial charge in [0.05, 0.1) is 7.11 Å². The lowest BCUT2D eigenvalue weighted by atomic mass is 9.90. The van der Waals surface area contributed by atoms with Crippen molar-refractivity contribution in [2.24, 2.45) is 5.92 Å². The molecule has 0 bridgehead atoms. The van der Waals surface area contributed by atoms with Crippen LogP contribution in [0.2, 0.25) is 0 Å². The molecule has 1 aliphatic rings. The van der Waals surface area contributed by atoms with Gasteiger partial charge in [0.25, 0.3) is 0 Å². The molecule has 0 radical (unpaired) electrons. The highest BCUT2D eigenvalue weighted by atomic mass is 16.5. The van der Waals surface area contributed by atoms with Crippen LogP contribution >= 0.6 is 0 Å². The van der Waals surface area contributed by atoms with Crippen molar-refractivity contribution in [3.05, 3.63) is 23.8 Å². The normalized spacial score (nSPS) is 17.3. The molecule has 0 unspecified atom stereocenters. The van der Waals surface area contributed by atoms with Gasteiger partial charge in [0.1, 0.15) is 5.75 Å². The molecule has 0 spiro atoms. The molecule has 16 heavy (non-hydrogen) atoms. The number of methoxy groups -OCH3 is 1. The van der Waals surface area contributed by atoms with Crippen molar-refractivity contribution >= 4 is 5.69 Å². The Bertz CT molecular complexity index is 346. The van der Waals surface area contributed by atoms with Crippen molar-refractivity contribution in [1.29, 1.82) is 0 Å². The molecule has 0 aromatic heterocycles. The summed E-state index contributed by atoms with van der Waals surface area (Å²) in [5.41, 5.74) is 8.13. The minimum Gasteiger partial charge on any atom is -0.497 e. The molecule has 1 aromatic rings. The van der Waals surface area contributed by atoms with Crippen molar-refractivity contribution in [2.45, 2.75) is 19.3 Å². The number of ether oxygens (including phenoxy) is 1. The molecule has 3 nitrogen and oxygen atoms in total. The van der Waals surface area contributed by atoms with E-state index < -0.39 is 0 Å². The first-order valence-electron chi connectivity index (χ1n) is 5.92. The summed E-state index contributed by atoms with van der Waals surface area (Å²) >= 11 is 0. The molecule has 3 heteroatoms. The van der Waals surface area contributed by atoms with Gasteiger partial charge in [-0.1, -0.05) is 6.07 Å². The summed E-state index contributed by atoms with van der Waals surface area (Å²) in [4.78, 5) is 0. The molecule has 1 aromatic carbocycles. The van der Waals surface area contributed by atoms with E-state index in [9.17, 15) is 0 Å². The number of piperidine rings is 1. The average Bonchev–Trinajstić information content (AvgIpc) is 2.33. The van der Waals surface area contributed by atoms with E-state index in [0.29, 0.717) is 0 Å². The van der Waals surface area contributed by atoms with E-state index in [0.717, 1.165) is 36.9 Å². The topological polar surface area (TPSA) is 47.3 Å². The first kappa shape index (κ1) is 11.3. The summed E-state index contributed by atoms with van der Waals surface area (Å²) < 4.78 is 5.15. The highest BCUT2D eigenvalue weighted by Crippen LogP contribution is 2.25. The lowest BCUT2D eigenvalue weighted by Gasteiger charge is -2.23. The minimum absolute atomic E-state index is 0.775. The zero-order valence-electron chi connectivity index (χ0n) is 9.83. The van der Waals surface area contributed by atoms with E-state index >= 15 is 0 Å². The number of nitrogens with one attached hydrogen (secondary N) is 1. The summed E-state index contributed by atoms with van der Waals surface area (Å²) in [6.07, 6.45) is 3.61. The Kier molecular flexibility index (Phi) is 3.67. The molecule has 1 fully saturated rings. The molecule has 88 valence electrons. The van der Waals surface area contributed by atoms with Crippen LogP contribution in [-0.4, -0.2) is 20.2 Å². The summed E-state index contributed by atoms with van der Waals surface area (Å²) in [5, 5.41) is 3.38. The van der Waals surface area contributed by atoms with Crippen LogP contribution in [0.25, 0.3) is 0 Å². The summed E-state index contributed by atoms with van der Waals surface area (Å²) in [5.74, 6) is 1.61. The molecule has 0 aliphatic carbocycles. The largest absolute Gasteiger partial charge is 0.497 e. The molecule has 1 heterocycles. The monoisotopic (exact) mass is 220 g/mol. The van der Waals surface area contributed by atoms with Gasteiger partial charge in [0, 0.05) is 11.8 Å². The quantitative estimate of drug-likeness (QED) is 0.764. The Labute approximate surface area is 97.0 Å². The molecule has 1 aliphatic heterocycles.